The average molecular weight is 171 g/mol. The van der Waals surface area contributed by atoms with Crippen LogP contribution in [0, 0.1) is 12.3 Å². The molecule has 0 atom stereocenters. The zero-order valence-electron chi connectivity index (χ0n) is 8.98. The molecule has 0 unspecified atom stereocenters. The van der Waals surface area contributed by atoms with Crippen LogP contribution in [-0.2, 0) is 0 Å². The van der Waals surface area contributed by atoms with Crippen molar-refractivity contribution in [2.75, 3.05) is 0 Å². The van der Waals surface area contributed by atoms with E-state index in [4.69, 9.17) is 0 Å². The third-order valence-electron chi connectivity index (χ3n) is 2.68. The quantitative estimate of drug-likeness (QED) is 0.405. The topological polar surface area (TPSA) is 20.1 Å². The van der Waals surface area contributed by atoms with Crippen LogP contribution in [0.1, 0.15) is 47.0 Å². The zero-order valence-corrected chi connectivity index (χ0v) is 8.98. The Bertz CT molecular complexity index is 164. The minimum Gasteiger partial charge on any atom is -0.358 e. The van der Waals surface area contributed by atoms with Gasteiger partial charge in [-0.15, -0.1) is 0 Å². The fourth-order valence-electron chi connectivity index (χ4n) is 1.98. The summed E-state index contributed by atoms with van der Waals surface area (Å²) in [5.74, 6) is 0. The summed E-state index contributed by atoms with van der Waals surface area (Å²) in [4.78, 5) is 11.7. The third-order valence-corrected chi connectivity index (χ3v) is 2.68. The van der Waals surface area contributed by atoms with Crippen LogP contribution in [0.4, 0.5) is 0 Å². The van der Waals surface area contributed by atoms with Crippen LogP contribution >= 0.6 is 0 Å². The van der Waals surface area contributed by atoms with Gasteiger partial charge in [0.2, 0.25) is 11.1 Å². The maximum atomic E-state index is 11.7. The summed E-state index contributed by atoms with van der Waals surface area (Å²) in [6, 6.07) is 0. The second kappa shape index (κ2) is 3.15. The minimum atomic E-state index is -0.151. The van der Waals surface area contributed by atoms with E-state index in [9.17, 15) is 4.91 Å². The van der Waals surface area contributed by atoms with Crippen LogP contribution in [0.2, 0.25) is 0 Å². The first-order valence-corrected chi connectivity index (χ1v) is 4.34. The molecule has 0 bridgehead atoms. The Morgan fingerprint density at radius 1 is 1.00 bits per heavy atom. The molecule has 2 nitrogen and oxygen atoms in total. The highest BCUT2D eigenvalue weighted by Gasteiger charge is 2.49. The van der Waals surface area contributed by atoms with E-state index >= 15 is 0 Å². The molecule has 0 aromatic heterocycles. The van der Waals surface area contributed by atoms with E-state index in [1.807, 2.05) is 27.7 Å². The summed E-state index contributed by atoms with van der Waals surface area (Å²) < 4.78 is 1.27. The van der Waals surface area contributed by atoms with Crippen LogP contribution in [0.25, 0.3) is 0 Å². The van der Waals surface area contributed by atoms with Gasteiger partial charge in [-0.3, -0.25) is 0 Å². The molecule has 1 rings (SSSR count). The maximum absolute atomic E-state index is 11.7. The molecule has 0 aliphatic carbocycles. The highest BCUT2D eigenvalue weighted by Crippen LogP contribution is 2.33. The van der Waals surface area contributed by atoms with Gasteiger partial charge in [-0.1, -0.05) is 0 Å². The lowest BCUT2D eigenvalue weighted by Gasteiger charge is -2.31. The minimum absolute atomic E-state index is 0. The molecule has 12 heavy (non-hydrogen) atoms. The predicted octanol–water partition coefficient (Wildman–Crippen LogP) is 2.96. The van der Waals surface area contributed by atoms with Crippen molar-refractivity contribution >= 4 is 0 Å². The van der Waals surface area contributed by atoms with E-state index in [-0.39, 0.29) is 18.5 Å². The van der Waals surface area contributed by atoms with E-state index in [0.29, 0.717) is 0 Å². The van der Waals surface area contributed by atoms with Crippen molar-refractivity contribution in [3.8, 4) is 0 Å². The SMILES string of the molecule is CC1(C)CCCC(C)(C)[N+]1=O.[CH3-]. The summed E-state index contributed by atoms with van der Waals surface area (Å²) in [6.45, 7) is 8.11. The second-order valence-corrected chi connectivity index (χ2v) is 4.77. The van der Waals surface area contributed by atoms with Crippen molar-refractivity contribution in [2.24, 2.45) is 0 Å². The van der Waals surface area contributed by atoms with Gasteiger partial charge in [0.05, 0.1) is 0 Å². The zero-order chi connectivity index (χ0) is 8.70. The Morgan fingerprint density at radius 3 is 1.58 bits per heavy atom. The molecule has 0 spiro atoms. The molecule has 0 aromatic carbocycles. The summed E-state index contributed by atoms with van der Waals surface area (Å²) in [5.41, 5.74) is -0.302. The predicted molar refractivity (Wildman–Crippen MR) is 52.1 cm³/mol. The van der Waals surface area contributed by atoms with Crippen molar-refractivity contribution in [3.05, 3.63) is 12.3 Å². The summed E-state index contributed by atoms with van der Waals surface area (Å²) >= 11 is 0. The lowest BCUT2D eigenvalue weighted by Crippen LogP contribution is -2.50. The van der Waals surface area contributed by atoms with Gasteiger partial charge in [-0.05, 0) is 6.42 Å². The summed E-state index contributed by atoms with van der Waals surface area (Å²) in [5, 5.41) is 0. The van der Waals surface area contributed by atoms with Crippen molar-refractivity contribution in [3.63, 3.8) is 0 Å². The van der Waals surface area contributed by atoms with Crippen LogP contribution in [0.3, 0.4) is 0 Å². The van der Waals surface area contributed by atoms with Crippen molar-refractivity contribution < 1.29 is 4.76 Å². The molecule has 0 amide bonds. The van der Waals surface area contributed by atoms with Crippen LogP contribution in [-0.4, -0.2) is 15.8 Å². The smallest absolute Gasteiger partial charge is 0.205 e. The Labute approximate surface area is 75.9 Å². The molecular formula is C10H21NO. The van der Waals surface area contributed by atoms with E-state index in [1.54, 1.807) is 0 Å². The molecule has 1 aliphatic heterocycles. The first-order chi connectivity index (χ1) is 4.86. The standard InChI is InChI=1S/C9H18NO.CH3/c1-8(2)6-5-7-9(3,4)10(8)11;/h5-7H2,1-4H3;1H3/q+1;-1. The summed E-state index contributed by atoms with van der Waals surface area (Å²) in [6.07, 6.45) is 3.23. The Balaban J connectivity index is 0.00000121. The normalized spacial score (nSPS) is 26.2. The molecule has 72 valence electrons. The van der Waals surface area contributed by atoms with Gasteiger partial charge in [0.25, 0.3) is 0 Å². The Kier molecular flexibility index (Phi) is 3.05. The number of piperidine rings is 1. The van der Waals surface area contributed by atoms with Crippen LogP contribution < -0.4 is 0 Å². The molecule has 0 radical (unpaired) electrons. The lowest BCUT2D eigenvalue weighted by molar-refractivity contribution is -0.692. The van der Waals surface area contributed by atoms with Gasteiger partial charge in [0.15, 0.2) is 0 Å². The molecule has 0 aromatic rings. The number of nitroso groups, excluding NO2 is 1. The van der Waals surface area contributed by atoms with Crippen molar-refractivity contribution in [1.82, 2.24) is 0 Å². The van der Waals surface area contributed by atoms with Crippen LogP contribution in [0.15, 0.2) is 0 Å². The fourth-order valence-corrected chi connectivity index (χ4v) is 1.98. The maximum Gasteiger partial charge on any atom is 0.205 e. The third kappa shape index (κ3) is 1.85. The average Bonchev–Trinajstić information content (AvgIpc) is 1.82. The molecule has 1 saturated heterocycles. The van der Waals surface area contributed by atoms with E-state index in [1.165, 1.54) is 11.2 Å². The van der Waals surface area contributed by atoms with Gasteiger partial charge in [-0.2, -0.15) is 0 Å². The van der Waals surface area contributed by atoms with E-state index in [0.717, 1.165) is 12.8 Å². The first kappa shape index (κ1) is 11.6. The van der Waals surface area contributed by atoms with Gasteiger partial charge < -0.3 is 7.43 Å². The molecule has 2 heteroatoms. The van der Waals surface area contributed by atoms with Crippen molar-refractivity contribution in [2.45, 2.75) is 58.0 Å². The number of hydrogen-bond acceptors (Lipinski definition) is 1. The number of nitrogens with zero attached hydrogens (tertiary/aromatic N) is 1. The number of hydrogen-bond donors (Lipinski definition) is 0. The van der Waals surface area contributed by atoms with E-state index < -0.39 is 0 Å². The Hall–Kier alpha value is -0.400. The van der Waals surface area contributed by atoms with E-state index in [2.05, 4.69) is 0 Å². The van der Waals surface area contributed by atoms with Crippen molar-refractivity contribution in [1.29, 1.82) is 0 Å². The lowest BCUT2D eigenvalue weighted by atomic mass is 9.83. The van der Waals surface area contributed by atoms with Gasteiger partial charge >= 0.3 is 0 Å². The molecule has 0 N–H and O–H groups in total. The van der Waals surface area contributed by atoms with Gasteiger partial charge in [0.1, 0.15) is 0 Å². The van der Waals surface area contributed by atoms with Gasteiger partial charge in [-0.25, -0.2) is 0 Å². The molecular weight excluding hydrogens is 150 g/mol. The second-order valence-electron chi connectivity index (χ2n) is 4.77. The Morgan fingerprint density at radius 2 is 1.33 bits per heavy atom. The molecule has 0 saturated carbocycles. The molecule has 1 fully saturated rings. The first-order valence-electron chi connectivity index (χ1n) is 4.34. The molecule has 1 aliphatic rings. The van der Waals surface area contributed by atoms with Crippen LogP contribution in [0.5, 0.6) is 0 Å². The van der Waals surface area contributed by atoms with Gasteiger partial charge in [0, 0.05) is 50.2 Å². The molecule has 1 heterocycles. The fraction of sp³-hybridized carbons (Fsp3) is 0.900. The highest BCUT2D eigenvalue weighted by atomic mass is 16.3. The largest absolute Gasteiger partial charge is 0.358 e. The monoisotopic (exact) mass is 171 g/mol. The number of rotatable bonds is 0. The highest BCUT2D eigenvalue weighted by molar-refractivity contribution is 4.80. The summed E-state index contributed by atoms with van der Waals surface area (Å²) in [7, 11) is 0.